The molecular formula is C10H18ClN5O. The van der Waals surface area contributed by atoms with Crippen molar-refractivity contribution in [2.45, 2.75) is 12.5 Å². The maximum atomic E-state index is 10.1. The van der Waals surface area contributed by atoms with Gasteiger partial charge >= 0.3 is 0 Å². The minimum Gasteiger partial charge on any atom is -0.387 e. The minimum absolute atomic E-state index is 0.219. The lowest BCUT2D eigenvalue weighted by atomic mass is 10.1. The molecule has 17 heavy (non-hydrogen) atoms. The normalized spacial score (nSPS) is 14.7. The summed E-state index contributed by atoms with van der Waals surface area (Å²) in [6.45, 7) is 2.58. The van der Waals surface area contributed by atoms with E-state index in [9.17, 15) is 5.11 Å². The van der Waals surface area contributed by atoms with E-state index in [4.69, 9.17) is 17.3 Å². The fraction of sp³-hybridized carbons (Fsp3) is 0.600. The highest BCUT2D eigenvalue weighted by Crippen LogP contribution is 2.23. The summed E-state index contributed by atoms with van der Waals surface area (Å²) in [6, 6.07) is 0. The average molecular weight is 260 g/mol. The Morgan fingerprint density at radius 1 is 1.53 bits per heavy atom. The molecule has 1 rings (SSSR count). The molecule has 0 spiro atoms. The molecule has 0 radical (unpaired) electrons. The Kier molecular flexibility index (Phi) is 4.50. The zero-order valence-electron chi connectivity index (χ0n) is 10.2. The van der Waals surface area contributed by atoms with E-state index in [2.05, 4.69) is 15.3 Å². The van der Waals surface area contributed by atoms with Crippen LogP contribution in [0.25, 0.3) is 0 Å². The smallest absolute Gasteiger partial charge is 0.150 e. The number of nitrogens with two attached hydrogens (primary N) is 1. The second-order valence-corrected chi connectivity index (χ2v) is 4.89. The van der Waals surface area contributed by atoms with E-state index in [0.717, 1.165) is 0 Å². The van der Waals surface area contributed by atoms with E-state index in [1.807, 2.05) is 19.0 Å². The molecule has 1 unspecified atom stereocenters. The molecule has 0 amide bonds. The van der Waals surface area contributed by atoms with Crippen molar-refractivity contribution in [2.24, 2.45) is 0 Å². The first kappa shape index (κ1) is 14.0. The van der Waals surface area contributed by atoms with Gasteiger partial charge in [-0.25, -0.2) is 9.97 Å². The van der Waals surface area contributed by atoms with E-state index in [0.29, 0.717) is 18.9 Å². The Labute approximate surface area is 106 Å². The van der Waals surface area contributed by atoms with Gasteiger partial charge < -0.3 is 21.1 Å². The summed E-state index contributed by atoms with van der Waals surface area (Å²) in [5.74, 6) is 0.648. The molecule has 0 aromatic carbocycles. The van der Waals surface area contributed by atoms with Crippen molar-refractivity contribution in [3.63, 3.8) is 0 Å². The summed E-state index contributed by atoms with van der Waals surface area (Å²) in [4.78, 5) is 9.62. The fourth-order valence-corrected chi connectivity index (χ4v) is 1.68. The number of halogens is 1. The van der Waals surface area contributed by atoms with Crippen molar-refractivity contribution >= 4 is 23.2 Å². The van der Waals surface area contributed by atoms with Crippen molar-refractivity contribution in [1.82, 2.24) is 14.9 Å². The average Bonchev–Trinajstić information content (AvgIpc) is 2.18. The summed E-state index contributed by atoms with van der Waals surface area (Å²) in [7, 11) is 3.79. The lowest BCUT2D eigenvalue weighted by Crippen LogP contribution is -2.43. The molecule has 1 atom stereocenters. The molecule has 0 saturated carbocycles. The largest absolute Gasteiger partial charge is 0.387 e. The lowest BCUT2D eigenvalue weighted by molar-refractivity contribution is 0.0459. The molecule has 1 heterocycles. The zero-order valence-corrected chi connectivity index (χ0v) is 11.0. The first-order valence-corrected chi connectivity index (χ1v) is 5.56. The Balaban J connectivity index is 2.64. The molecule has 0 saturated heterocycles. The Bertz CT molecular complexity index is 383. The van der Waals surface area contributed by atoms with Gasteiger partial charge in [-0.1, -0.05) is 11.6 Å². The quantitative estimate of drug-likeness (QED) is 0.711. The number of hydrogen-bond donors (Lipinski definition) is 3. The van der Waals surface area contributed by atoms with Gasteiger partial charge in [0.15, 0.2) is 5.82 Å². The van der Waals surface area contributed by atoms with E-state index >= 15 is 0 Å². The molecule has 4 N–H and O–H groups in total. The highest BCUT2D eigenvalue weighted by Gasteiger charge is 2.21. The predicted molar refractivity (Wildman–Crippen MR) is 69.1 cm³/mol. The van der Waals surface area contributed by atoms with Gasteiger partial charge in [0.05, 0.1) is 5.60 Å². The first-order chi connectivity index (χ1) is 7.82. The van der Waals surface area contributed by atoms with E-state index < -0.39 is 5.60 Å². The zero-order chi connectivity index (χ0) is 13.1. The van der Waals surface area contributed by atoms with Gasteiger partial charge in [-0.2, -0.15) is 0 Å². The number of rotatable bonds is 5. The summed E-state index contributed by atoms with van der Waals surface area (Å²) in [5.41, 5.74) is 4.66. The molecule has 1 aromatic rings. The topological polar surface area (TPSA) is 87.3 Å². The van der Waals surface area contributed by atoms with Crippen LogP contribution in [0.3, 0.4) is 0 Å². The predicted octanol–water partition coefficient (Wildman–Crippen LogP) is 0.437. The van der Waals surface area contributed by atoms with Crippen LogP contribution in [0.1, 0.15) is 6.92 Å². The van der Waals surface area contributed by atoms with Gasteiger partial charge in [0.2, 0.25) is 0 Å². The minimum atomic E-state index is -0.882. The molecule has 0 aliphatic rings. The van der Waals surface area contributed by atoms with Crippen LogP contribution in [0.15, 0.2) is 6.33 Å². The molecule has 0 aliphatic carbocycles. The summed E-state index contributed by atoms with van der Waals surface area (Å²) in [5, 5.41) is 13.3. The Morgan fingerprint density at radius 3 is 2.76 bits per heavy atom. The number of aromatic nitrogens is 2. The van der Waals surface area contributed by atoms with Crippen molar-refractivity contribution in [1.29, 1.82) is 0 Å². The summed E-state index contributed by atoms with van der Waals surface area (Å²) >= 11 is 5.92. The van der Waals surface area contributed by atoms with Gasteiger partial charge in [0.1, 0.15) is 17.2 Å². The first-order valence-electron chi connectivity index (χ1n) is 5.19. The molecule has 0 aliphatic heterocycles. The third kappa shape index (κ3) is 4.33. The third-order valence-electron chi connectivity index (χ3n) is 2.11. The number of nitrogen functional groups attached to an aromatic ring is 1. The van der Waals surface area contributed by atoms with Crippen LogP contribution in [-0.4, -0.2) is 52.8 Å². The highest BCUT2D eigenvalue weighted by molar-refractivity contribution is 6.35. The van der Waals surface area contributed by atoms with Crippen molar-refractivity contribution in [3.05, 3.63) is 11.3 Å². The van der Waals surface area contributed by atoms with Crippen LogP contribution >= 0.6 is 11.6 Å². The number of hydrogen-bond acceptors (Lipinski definition) is 6. The maximum absolute atomic E-state index is 10.1. The van der Waals surface area contributed by atoms with Crippen LogP contribution in [0.2, 0.25) is 5.02 Å². The van der Waals surface area contributed by atoms with Gasteiger partial charge in [0, 0.05) is 13.1 Å². The van der Waals surface area contributed by atoms with Crippen LogP contribution in [0.4, 0.5) is 11.6 Å². The van der Waals surface area contributed by atoms with Crippen molar-refractivity contribution < 1.29 is 5.11 Å². The molecular weight excluding hydrogens is 242 g/mol. The van der Waals surface area contributed by atoms with Gasteiger partial charge in [-0.15, -0.1) is 0 Å². The molecule has 0 fully saturated rings. The van der Waals surface area contributed by atoms with Crippen LogP contribution in [-0.2, 0) is 0 Å². The molecule has 96 valence electrons. The van der Waals surface area contributed by atoms with E-state index in [1.165, 1.54) is 6.33 Å². The van der Waals surface area contributed by atoms with Gasteiger partial charge in [-0.05, 0) is 21.0 Å². The van der Waals surface area contributed by atoms with Crippen LogP contribution in [0, 0.1) is 0 Å². The number of nitrogens with zero attached hydrogens (tertiary/aromatic N) is 3. The Hall–Kier alpha value is -1.11. The molecule has 6 nitrogen and oxygen atoms in total. The molecule has 0 bridgehead atoms. The maximum Gasteiger partial charge on any atom is 0.150 e. The monoisotopic (exact) mass is 259 g/mol. The van der Waals surface area contributed by atoms with Gasteiger partial charge in [0.25, 0.3) is 0 Å². The SMILES string of the molecule is CN(C)CC(C)(O)CNc1ncnc(N)c1Cl. The van der Waals surface area contributed by atoms with E-state index in [-0.39, 0.29) is 10.8 Å². The number of likely N-dealkylation sites (N-methyl/N-ethyl adjacent to an activating group) is 1. The van der Waals surface area contributed by atoms with E-state index in [1.54, 1.807) is 6.92 Å². The summed E-state index contributed by atoms with van der Waals surface area (Å²) < 4.78 is 0. The van der Waals surface area contributed by atoms with Crippen molar-refractivity contribution in [3.8, 4) is 0 Å². The highest BCUT2D eigenvalue weighted by atomic mass is 35.5. The number of anilines is 2. The molecule has 1 aromatic heterocycles. The number of nitrogens with one attached hydrogen (secondary N) is 1. The standard InChI is InChI=1S/C10H18ClN5O/c1-10(17,5-16(2)3)4-13-9-7(11)8(12)14-6-15-9/h6,17H,4-5H2,1-3H3,(H3,12,13,14,15). The fourth-order valence-electron chi connectivity index (χ4n) is 1.52. The van der Waals surface area contributed by atoms with Crippen LogP contribution in [0.5, 0.6) is 0 Å². The van der Waals surface area contributed by atoms with Gasteiger partial charge in [-0.3, -0.25) is 0 Å². The Morgan fingerprint density at radius 2 is 2.18 bits per heavy atom. The van der Waals surface area contributed by atoms with Crippen molar-refractivity contribution in [2.75, 3.05) is 38.2 Å². The van der Waals surface area contributed by atoms with Crippen LogP contribution < -0.4 is 11.1 Å². The number of aliphatic hydroxyl groups is 1. The third-order valence-corrected chi connectivity index (χ3v) is 2.48. The second-order valence-electron chi connectivity index (χ2n) is 4.51. The molecule has 7 heteroatoms. The lowest BCUT2D eigenvalue weighted by Gasteiger charge is -2.27. The second kappa shape index (κ2) is 5.48. The summed E-state index contributed by atoms with van der Waals surface area (Å²) in [6.07, 6.45) is 1.32.